The number of nitriles is 1. The molecule has 1 aromatic carbocycles. The smallest absolute Gasteiger partial charge is 0.301 e. The minimum Gasteiger partial charge on any atom is -0.301 e. The number of carbonyl (C=O) groups excluding carboxylic acids is 2. The predicted molar refractivity (Wildman–Crippen MR) is 171 cm³/mol. The van der Waals surface area contributed by atoms with Gasteiger partial charge >= 0.3 is 12.4 Å². The molecular formula is C32H32F6N6O4S2. The van der Waals surface area contributed by atoms with E-state index in [1.165, 1.54) is 36.5 Å². The Morgan fingerprint density at radius 2 is 1.58 bits per heavy atom. The Hall–Kier alpha value is -4.05. The number of carbonyl (C=O) groups is 2. The van der Waals surface area contributed by atoms with Crippen molar-refractivity contribution in [2.24, 2.45) is 7.05 Å². The topological polar surface area (TPSA) is 120 Å². The second-order valence-corrected chi connectivity index (χ2v) is 15.2. The van der Waals surface area contributed by atoms with Gasteiger partial charge in [-0.2, -0.15) is 41.0 Å². The van der Waals surface area contributed by atoms with Gasteiger partial charge in [0.05, 0.1) is 33.5 Å². The first kappa shape index (κ1) is 37.2. The molecule has 0 aliphatic carbocycles. The van der Waals surface area contributed by atoms with E-state index < -0.39 is 51.0 Å². The maximum absolute atomic E-state index is 13.4. The van der Waals surface area contributed by atoms with Crippen LogP contribution in [0.1, 0.15) is 55.8 Å². The molecule has 3 aromatic rings. The van der Waals surface area contributed by atoms with Crippen molar-refractivity contribution in [2.45, 2.75) is 55.6 Å². The quantitative estimate of drug-likeness (QED) is 0.130. The van der Waals surface area contributed by atoms with Crippen molar-refractivity contribution in [3.8, 4) is 16.6 Å². The number of halogens is 6. The Kier molecular flexibility index (Phi) is 10.6. The van der Waals surface area contributed by atoms with Crippen LogP contribution in [0.2, 0.25) is 0 Å². The highest BCUT2D eigenvalue weighted by molar-refractivity contribution is 7.91. The van der Waals surface area contributed by atoms with Gasteiger partial charge in [-0.15, -0.1) is 11.3 Å². The Morgan fingerprint density at radius 1 is 0.900 bits per heavy atom. The van der Waals surface area contributed by atoms with Crippen LogP contribution in [0.5, 0.6) is 0 Å². The van der Waals surface area contributed by atoms with E-state index in [9.17, 15) is 44.3 Å². The molecule has 2 aliphatic rings. The van der Waals surface area contributed by atoms with Gasteiger partial charge in [0.2, 0.25) is 0 Å². The highest BCUT2D eigenvalue weighted by Crippen LogP contribution is 2.38. The van der Waals surface area contributed by atoms with Gasteiger partial charge in [0.15, 0.2) is 5.69 Å². The minimum absolute atomic E-state index is 0.0367. The number of alkyl halides is 6. The Morgan fingerprint density at radius 3 is 2.20 bits per heavy atom. The monoisotopic (exact) mass is 742 g/mol. The number of thiophene rings is 1. The number of aryl methyl sites for hydroxylation is 1. The fraction of sp³-hybridized carbons (Fsp3) is 0.438. The van der Waals surface area contributed by atoms with Gasteiger partial charge in [-0.25, -0.2) is 13.3 Å². The number of nitrogens with zero attached hydrogens (tertiary/aromatic N) is 6. The molecule has 0 N–H and O–H groups in total. The average molecular weight is 743 g/mol. The summed E-state index contributed by atoms with van der Waals surface area (Å²) in [6.07, 6.45) is -6.28. The molecule has 5 rings (SSSR count). The van der Waals surface area contributed by atoms with E-state index in [4.69, 9.17) is 5.26 Å². The van der Waals surface area contributed by atoms with Crippen LogP contribution < -0.4 is 4.90 Å². The van der Waals surface area contributed by atoms with Gasteiger partial charge in [-0.3, -0.25) is 14.3 Å². The summed E-state index contributed by atoms with van der Waals surface area (Å²) >= 11 is 0.889. The molecular weight excluding hydrogens is 711 g/mol. The normalized spacial score (nSPS) is 16.9. The maximum atomic E-state index is 13.4. The van der Waals surface area contributed by atoms with Gasteiger partial charge in [-0.1, -0.05) is 12.8 Å². The van der Waals surface area contributed by atoms with Gasteiger partial charge in [0, 0.05) is 44.4 Å². The molecule has 0 radical (unpaired) electrons. The summed E-state index contributed by atoms with van der Waals surface area (Å²) in [7, 11) is -2.48. The lowest BCUT2D eigenvalue weighted by atomic mass is 10.0. The van der Waals surface area contributed by atoms with Crippen LogP contribution in [0.4, 0.5) is 32.0 Å². The van der Waals surface area contributed by atoms with Crippen molar-refractivity contribution in [3.05, 3.63) is 64.4 Å². The SMILES string of the molecule is CC1=C(CCCCCCN2CCN(S(=O)(=O)c3ccc(-c4cc(C(F)(F)F)nn4C)s3)CC2)C(=O)N(c2ccc(C#N)c(C(F)(F)F)c2)C1=O. The van der Waals surface area contributed by atoms with Crippen molar-refractivity contribution in [1.82, 2.24) is 19.0 Å². The summed E-state index contributed by atoms with van der Waals surface area (Å²) < 4.78 is 109. The zero-order valence-corrected chi connectivity index (χ0v) is 28.6. The van der Waals surface area contributed by atoms with Crippen LogP contribution in [0.15, 0.2) is 51.8 Å². The third-order valence-corrected chi connectivity index (χ3v) is 12.2. The number of rotatable bonds is 11. The molecule has 2 aliphatic heterocycles. The Balaban J connectivity index is 1.06. The largest absolute Gasteiger partial charge is 0.435 e. The number of hydrogen-bond acceptors (Lipinski definition) is 8. The van der Waals surface area contributed by atoms with Crippen LogP contribution in [0.25, 0.3) is 10.6 Å². The van der Waals surface area contributed by atoms with Crippen molar-refractivity contribution in [1.29, 1.82) is 5.26 Å². The first-order chi connectivity index (χ1) is 23.4. The molecule has 0 spiro atoms. The predicted octanol–water partition coefficient (Wildman–Crippen LogP) is 6.20. The standard InChI is InChI=1S/C32H32F6N6O4S2/c1-20-23(30(46)44(29(20)45)22-9-8-21(19-39)24(17-22)31(33,34)35)7-5-3-4-6-12-42-13-15-43(16-14-42)50(47,48)28-11-10-26(49-28)25-18-27(32(36,37)38)40-41(25)2/h8-11,17-18H,3-7,12-16H2,1-2H3. The van der Waals surface area contributed by atoms with Crippen LogP contribution in [0, 0.1) is 11.3 Å². The molecule has 0 saturated carbocycles. The minimum atomic E-state index is -4.84. The first-order valence-electron chi connectivity index (χ1n) is 15.6. The number of sulfonamides is 1. The lowest BCUT2D eigenvalue weighted by Gasteiger charge is -2.33. The van der Waals surface area contributed by atoms with E-state index in [2.05, 4.69) is 10.00 Å². The molecule has 2 aromatic heterocycles. The van der Waals surface area contributed by atoms with E-state index in [1.807, 2.05) is 0 Å². The van der Waals surface area contributed by atoms with Crippen LogP contribution >= 0.6 is 11.3 Å². The molecule has 2 amide bonds. The van der Waals surface area contributed by atoms with Crippen LogP contribution in [-0.4, -0.2) is 71.9 Å². The zero-order valence-electron chi connectivity index (χ0n) is 26.9. The first-order valence-corrected chi connectivity index (χ1v) is 17.8. The molecule has 0 unspecified atom stereocenters. The van der Waals surface area contributed by atoms with Crippen LogP contribution in [0.3, 0.4) is 0 Å². The number of piperazine rings is 1. The Labute approximate surface area is 288 Å². The lowest BCUT2D eigenvalue weighted by Crippen LogP contribution is -2.48. The second kappa shape index (κ2) is 14.3. The van der Waals surface area contributed by atoms with Gasteiger partial charge in [0.1, 0.15) is 4.21 Å². The van der Waals surface area contributed by atoms with Crippen molar-refractivity contribution >= 4 is 38.9 Å². The highest BCUT2D eigenvalue weighted by Gasteiger charge is 2.40. The summed E-state index contributed by atoms with van der Waals surface area (Å²) in [6, 6.07) is 7.96. The molecule has 0 bridgehead atoms. The van der Waals surface area contributed by atoms with E-state index in [1.54, 1.807) is 0 Å². The molecule has 0 atom stereocenters. The van der Waals surface area contributed by atoms with Gasteiger partial charge in [0.25, 0.3) is 21.8 Å². The number of anilines is 1. The number of hydrogen-bond donors (Lipinski definition) is 0. The van der Waals surface area contributed by atoms with E-state index in [-0.39, 0.29) is 46.2 Å². The Bertz CT molecular complexity index is 1970. The number of imide groups is 1. The van der Waals surface area contributed by atoms with Crippen LogP contribution in [-0.2, 0) is 39.0 Å². The van der Waals surface area contributed by atoms with Crippen molar-refractivity contribution in [3.63, 3.8) is 0 Å². The average Bonchev–Trinajstić information content (AvgIpc) is 3.76. The summed E-state index contributed by atoms with van der Waals surface area (Å²) in [4.78, 5) is 29.1. The number of unbranched alkanes of at least 4 members (excludes halogenated alkanes) is 3. The number of amides is 2. The second-order valence-electron chi connectivity index (χ2n) is 12.0. The van der Waals surface area contributed by atoms with E-state index in [0.29, 0.717) is 41.9 Å². The van der Waals surface area contributed by atoms with E-state index >= 15 is 0 Å². The summed E-state index contributed by atoms with van der Waals surface area (Å²) in [6.45, 7) is 3.68. The maximum Gasteiger partial charge on any atom is 0.435 e. The van der Waals surface area contributed by atoms with Gasteiger partial charge in [-0.05, 0) is 69.1 Å². The fourth-order valence-electron chi connectivity index (χ4n) is 5.96. The number of benzene rings is 1. The summed E-state index contributed by atoms with van der Waals surface area (Å²) in [5, 5.41) is 12.5. The molecule has 268 valence electrons. The molecule has 10 nitrogen and oxygen atoms in total. The molecule has 1 saturated heterocycles. The number of aromatic nitrogens is 2. The molecule has 1 fully saturated rings. The summed E-state index contributed by atoms with van der Waals surface area (Å²) in [5.41, 5.74) is -2.56. The molecule has 50 heavy (non-hydrogen) atoms. The third-order valence-electron chi connectivity index (χ3n) is 8.71. The summed E-state index contributed by atoms with van der Waals surface area (Å²) in [5.74, 6) is -1.37. The lowest BCUT2D eigenvalue weighted by molar-refractivity contribution is -0.141. The fourth-order valence-corrected chi connectivity index (χ4v) is 8.89. The van der Waals surface area contributed by atoms with Crippen molar-refractivity contribution < 1.29 is 44.3 Å². The van der Waals surface area contributed by atoms with Gasteiger partial charge < -0.3 is 4.90 Å². The molecule has 4 heterocycles. The zero-order chi connectivity index (χ0) is 36.6. The highest BCUT2D eigenvalue weighted by atomic mass is 32.2. The third kappa shape index (κ3) is 7.65. The van der Waals surface area contributed by atoms with Crippen molar-refractivity contribution in [2.75, 3.05) is 37.6 Å². The van der Waals surface area contributed by atoms with E-state index in [0.717, 1.165) is 53.5 Å². The molecule has 18 heteroatoms.